The summed E-state index contributed by atoms with van der Waals surface area (Å²) in [6.45, 7) is 2.09. The zero-order valence-corrected chi connectivity index (χ0v) is 14.9. The summed E-state index contributed by atoms with van der Waals surface area (Å²) >= 11 is 6.01. The Labute approximate surface area is 154 Å². The van der Waals surface area contributed by atoms with Crippen LogP contribution in [0.15, 0.2) is 47.3 Å². The largest absolute Gasteiger partial charge is 0.326 e. The number of halogens is 1. The fraction of sp³-hybridized carbons (Fsp3) is 0.150. The lowest BCUT2D eigenvalue weighted by Gasteiger charge is -2.06. The number of nitrogens with zero attached hydrogens (tertiary/aromatic N) is 2. The van der Waals surface area contributed by atoms with E-state index < -0.39 is 0 Å². The first-order valence-electron chi connectivity index (χ1n) is 8.30. The maximum absolute atomic E-state index is 12.7. The third kappa shape index (κ3) is 3.02. The van der Waals surface area contributed by atoms with Crippen molar-refractivity contribution < 1.29 is 4.79 Å². The predicted molar refractivity (Wildman–Crippen MR) is 104 cm³/mol. The molecule has 26 heavy (non-hydrogen) atoms. The van der Waals surface area contributed by atoms with Crippen molar-refractivity contribution in [2.75, 3.05) is 5.32 Å². The monoisotopic (exact) mass is 365 g/mol. The molecule has 0 spiro atoms. The fourth-order valence-corrected chi connectivity index (χ4v) is 3.37. The van der Waals surface area contributed by atoms with E-state index in [1.54, 1.807) is 22.8 Å². The van der Waals surface area contributed by atoms with Gasteiger partial charge in [0, 0.05) is 24.2 Å². The minimum atomic E-state index is -0.101. The number of aromatic nitrogens is 2. The molecule has 3 aromatic rings. The van der Waals surface area contributed by atoms with Gasteiger partial charge in [-0.25, -0.2) is 4.98 Å². The lowest BCUT2D eigenvalue weighted by molar-refractivity contribution is -0.114. The van der Waals surface area contributed by atoms with Gasteiger partial charge in [0.2, 0.25) is 5.91 Å². The molecule has 2 aromatic carbocycles. The average Bonchev–Trinajstić information content (AvgIpc) is 3.00. The highest BCUT2D eigenvalue weighted by Gasteiger charge is 2.20. The van der Waals surface area contributed by atoms with E-state index in [2.05, 4.69) is 10.3 Å². The number of hydrogen-bond donors (Lipinski definition) is 1. The molecular weight excluding hydrogens is 350 g/mol. The van der Waals surface area contributed by atoms with E-state index in [0.29, 0.717) is 28.3 Å². The van der Waals surface area contributed by atoms with Crippen molar-refractivity contribution in [3.05, 3.63) is 69.2 Å². The summed E-state index contributed by atoms with van der Waals surface area (Å²) in [5.41, 5.74) is 3.36. The zero-order chi connectivity index (χ0) is 18.3. The first kappa shape index (κ1) is 16.5. The fourth-order valence-electron chi connectivity index (χ4n) is 3.19. The number of benzene rings is 2. The summed E-state index contributed by atoms with van der Waals surface area (Å²) in [4.78, 5) is 28.5. The Bertz CT molecular complexity index is 1110. The average molecular weight is 366 g/mol. The Morgan fingerprint density at radius 1 is 1.23 bits per heavy atom. The van der Waals surface area contributed by atoms with Crippen LogP contribution in [0.25, 0.3) is 22.6 Å². The molecule has 1 aliphatic rings. The number of nitrogens with one attached hydrogen (secondary N) is 1. The van der Waals surface area contributed by atoms with Gasteiger partial charge in [-0.3, -0.25) is 14.2 Å². The van der Waals surface area contributed by atoms with Gasteiger partial charge in [0.25, 0.3) is 5.56 Å². The van der Waals surface area contributed by atoms with Gasteiger partial charge in [0.05, 0.1) is 10.9 Å². The van der Waals surface area contributed by atoms with Crippen LogP contribution in [0.4, 0.5) is 5.69 Å². The summed E-state index contributed by atoms with van der Waals surface area (Å²) in [7, 11) is 0. The van der Waals surface area contributed by atoms with Crippen molar-refractivity contribution in [2.24, 2.45) is 0 Å². The highest BCUT2D eigenvalue weighted by Crippen LogP contribution is 2.28. The molecular formula is C20H16ClN3O2. The minimum absolute atomic E-state index is 0.0584. The second-order valence-corrected chi connectivity index (χ2v) is 6.71. The van der Waals surface area contributed by atoms with E-state index >= 15 is 0 Å². The van der Waals surface area contributed by atoms with Gasteiger partial charge in [-0.05, 0) is 54.0 Å². The van der Waals surface area contributed by atoms with E-state index in [0.717, 1.165) is 23.2 Å². The van der Waals surface area contributed by atoms with Gasteiger partial charge < -0.3 is 5.32 Å². The first-order chi connectivity index (χ1) is 12.5. The lowest BCUT2D eigenvalue weighted by atomic mass is 10.1. The van der Waals surface area contributed by atoms with E-state index in [1.807, 2.05) is 30.3 Å². The van der Waals surface area contributed by atoms with Crippen LogP contribution in [0.3, 0.4) is 0 Å². The molecule has 1 aromatic heterocycles. The molecule has 1 N–H and O–H groups in total. The Morgan fingerprint density at radius 3 is 2.73 bits per heavy atom. The highest BCUT2D eigenvalue weighted by molar-refractivity contribution is 6.31. The van der Waals surface area contributed by atoms with Gasteiger partial charge in [-0.15, -0.1) is 0 Å². The standard InChI is InChI=1S/C20H16ClN3O2/c1-12(25)22-16-5-2-13(3-6-16)10-14-8-9-24-19(14)23-18-7-4-15(21)11-17(18)20(24)26/h2-7,10-11H,8-9H2,1H3,(H,22,25)/b14-10+. The quantitative estimate of drug-likeness (QED) is 0.747. The number of anilines is 1. The Balaban J connectivity index is 1.74. The molecule has 0 saturated carbocycles. The number of carbonyl (C=O) groups excluding carboxylic acids is 1. The van der Waals surface area contributed by atoms with Crippen LogP contribution in [0.5, 0.6) is 0 Å². The van der Waals surface area contributed by atoms with Crippen LogP contribution < -0.4 is 10.9 Å². The van der Waals surface area contributed by atoms with Crippen LogP contribution in [0.2, 0.25) is 5.02 Å². The van der Waals surface area contributed by atoms with Gasteiger partial charge in [-0.2, -0.15) is 0 Å². The summed E-state index contributed by atoms with van der Waals surface area (Å²) in [6.07, 6.45) is 2.78. The third-order valence-electron chi connectivity index (χ3n) is 4.38. The van der Waals surface area contributed by atoms with E-state index in [1.165, 1.54) is 6.92 Å². The summed E-state index contributed by atoms with van der Waals surface area (Å²) in [6, 6.07) is 12.8. The Morgan fingerprint density at radius 2 is 2.00 bits per heavy atom. The van der Waals surface area contributed by atoms with Gasteiger partial charge >= 0.3 is 0 Å². The molecule has 4 rings (SSSR count). The molecule has 0 bridgehead atoms. The molecule has 1 amide bonds. The van der Waals surface area contributed by atoms with Gasteiger partial charge in [-0.1, -0.05) is 23.7 Å². The summed E-state index contributed by atoms with van der Waals surface area (Å²) in [5, 5.41) is 3.82. The molecule has 1 aliphatic heterocycles. The number of allylic oxidation sites excluding steroid dienone is 1. The highest BCUT2D eigenvalue weighted by atomic mass is 35.5. The number of rotatable bonds is 2. The molecule has 0 unspecified atom stereocenters. The maximum Gasteiger partial charge on any atom is 0.261 e. The van der Waals surface area contributed by atoms with E-state index in [4.69, 9.17) is 11.6 Å². The molecule has 130 valence electrons. The molecule has 0 atom stereocenters. The zero-order valence-electron chi connectivity index (χ0n) is 14.1. The predicted octanol–water partition coefficient (Wildman–Crippen LogP) is 3.95. The molecule has 6 heteroatoms. The second-order valence-electron chi connectivity index (χ2n) is 6.28. The maximum atomic E-state index is 12.7. The van der Waals surface area contributed by atoms with Crippen molar-refractivity contribution in [3.63, 3.8) is 0 Å². The summed E-state index contributed by atoms with van der Waals surface area (Å²) in [5.74, 6) is 0.604. The molecule has 0 saturated heterocycles. The first-order valence-corrected chi connectivity index (χ1v) is 8.68. The van der Waals surface area contributed by atoms with Crippen LogP contribution in [0, 0.1) is 0 Å². The molecule has 0 radical (unpaired) electrons. The normalized spacial score (nSPS) is 14.6. The summed E-state index contributed by atoms with van der Waals surface area (Å²) < 4.78 is 1.70. The molecule has 0 fully saturated rings. The SMILES string of the molecule is CC(=O)Nc1ccc(/C=C2\CCn3c2nc2ccc(Cl)cc2c3=O)cc1. The van der Waals surface area contributed by atoms with Crippen molar-refractivity contribution >= 4 is 45.7 Å². The smallest absolute Gasteiger partial charge is 0.261 e. The van der Waals surface area contributed by atoms with Crippen LogP contribution in [-0.4, -0.2) is 15.5 Å². The topological polar surface area (TPSA) is 64.0 Å². The number of hydrogen-bond acceptors (Lipinski definition) is 3. The minimum Gasteiger partial charge on any atom is -0.326 e. The van der Waals surface area contributed by atoms with Crippen molar-refractivity contribution in [1.82, 2.24) is 9.55 Å². The van der Waals surface area contributed by atoms with Crippen LogP contribution in [-0.2, 0) is 11.3 Å². The van der Waals surface area contributed by atoms with E-state index in [-0.39, 0.29) is 11.5 Å². The van der Waals surface area contributed by atoms with Crippen LogP contribution >= 0.6 is 11.6 Å². The number of fused-ring (bicyclic) bond motifs is 2. The number of amides is 1. The Kier molecular flexibility index (Phi) is 4.09. The van der Waals surface area contributed by atoms with Crippen molar-refractivity contribution in [1.29, 1.82) is 0 Å². The van der Waals surface area contributed by atoms with Gasteiger partial charge in [0.1, 0.15) is 5.82 Å². The lowest BCUT2D eigenvalue weighted by Crippen LogP contribution is -2.20. The molecule has 5 nitrogen and oxygen atoms in total. The third-order valence-corrected chi connectivity index (χ3v) is 4.62. The van der Waals surface area contributed by atoms with Crippen molar-refractivity contribution in [2.45, 2.75) is 19.9 Å². The number of carbonyl (C=O) groups is 1. The van der Waals surface area contributed by atoms with Crippen molar-refractivity contribution in [3.8, 4) is 0 Å². The van der Waals surface area contributed by atoms with Crippen LogP contribution in [0.1, 0.15) is 24.7 Å². The second kappa shape index (κ2) is 6.42. The van der Waals surface area contributed by atoms with Gasteiger partial charge in [0.15, 0.2) is 0 Å². The van der Waals surface area contributed by atoms with E-state index in [9.17, 15) is 9.59 Å². The molecule has 0 aliphatic carbocycles. The molecule has 2 heterocycles. The Hall–Kier alpha value is -2.92.